The molecule has 21 heavy (non-hydrogen) atoms. The number of carbonyl (C=O) groups is 1. The Morgan fingerprint density at radius 2 is 2.24 bits per heavy atom. The fourth-order valence-corrected chi connectivity index (χ4v) is 3.91. The second-order valence-corrected chi connectivity index (χ2v) is 7.52. The molecule has 0 saturated heterocycles. The molecule has 2 saturated carbocycles. The van der Waals surface area contributed by atoms with Crippen LogP contribution in [0.3, 0.4) is 0 Å². The van der Waals surface area contributed by atoms with Crippen molar-refractivity contribution in [3.63, 3.8) is 0 Å². The first-order valence-electron chi connectivity index (χ1n) is 8.20. The Bertz CT molecular complexity index is 592. The van der Waals surface area contributed by atoms with Gasteiger partial charge in [-0.25, -0.2) is 9.97 Å². The smallest absolute Gasteiger partial charge is 0.226 e. The largest absolute Gasteiger partial charge is 0.332 e. The lowest BCUT2D eigenvalue weighted by Gasteiger charge is -2.27. The summed E-state index contributed by atoms with van der Waals surface area (Å²) < 4.78 is 0. The van der Waals surface area contributed by atoms with Crippen molar-refractivity contribution in [1.29, 1.82) is 0 Å². The first kappa shape index (κ1) is 13.2. The van der Waals surface area contributed by atoms with Crippen LogP contribution in [0, 0.1) is 17.3 Å². The zero-order chi connectivity index (χ0) is 14.6. The topological polar surface area (TPSA) is 46.1 Å². The molecule has 3 aliphatic rings. The van der Waals surface area contributed by atoms with Gasteiger partial charge in [-0.05, 0) is 30.6 Å². The minimum absolute atomic E-state index is 0.309. The maximum atomic E-state index is 12.6. The van der Waals surface area contributed by atoms with Gasteiger partial charge in [-0.3, -0.25) is 4.79 Å². The highest BCUT2D eigenvalue weighted by Gasteiger charge is 2.61. The molecule has 1 aromatic heterocycles. The number of hydrogen-bond acceptors (Lipinski definition) is 3. The third-order valence-electron chi connectivity index (χ3n) is 5.45. The molecular formula is C17H23N3O. The minimum atomic E-state index is 0.309. The quantitative estimate of drug-likeness (QED) is 0.858. The summed E-state index contributed by atoms with van der Waals surface area (Å²) in [6.45, 7) is 5.76. The van der Waals surface area contributed by atoms with E-state index in [9.17, 15) is 4.79 Å². The monoisotopic (exact) mass is 285 g/mol. The number of aromatic nitrogens is 2. The van der Waals surface area contributed by atoms with Crippen LogP contribution in [0.2, 0.25) is 0 Å². The number of fused-ring (bicyclic) bond motifs is 1. The summed E-state index contributed by atoms with van der Waals surface area (Å²) in [5, 5.41) is 0. The SMILES string of the molecule is CC(C)Cc1ncc2c(n1)CN(C(=O)[C@@H]1CC13CCC3)C2. The summed E-state index contributed by atoms with van der Waals surface area (Å²) in [7, 11) is 0. The van der Waals surface area contributed by atoms with Gasteiger partial charge >= 0.3 is 0 Å². The Morgan fingerprint density at radius 1 is 1.43 bits per heavy atom. The molecular weight excluding hydrogens is 262 g/mol. The van der Waals surface area contributed by atoms with E-state index in [4.69, 9.17) is 0 Å². The zero-order valence-electron chi connectivity index (χ0n) is 12.9. The van der Waals surface area contributed by atoms with Crippen LogP contribution >= 0.6 is 0 Å². The van der Waals surface area contributed by atoms with Crippen LogP contribution in [-0.4, -0.2) is 20.8 Å². The molecule has 0 N–H and O–H groups in total. The molecule has 4 nitrogen and oxygen atoms in total. The van der Waals surface area contributed by atoms with Gasteiger partial charge in [-0.2, -0.15) is 0 Å². The lowest BCUT2D eigenvalue weighted by atomic mass is 9.79. The highest BCUT2D eigenvalue weighted by Crippen LogP contribution is 2.66. The molecule has 1 amide bonds. The molecule has 1 aliphatic heterocycles. The van der Waals surface area contributed by atoms with Crippen molar-refractivity contribution in [2.24, 2.45) is 17.3 Å². The molecule has 112 valence electrons. The predicted molar refractivity (Wildman–Crippen MR) is 79.2 cm³/mol. The number of rotatable bonds is 3. The first-order valence-corrected chi connectivity index (χ1v) is 8.20. The average Bonchev–Trinajstić information content (AvgIpc) is 3.03. The van der Waals surface area contributed by atoms with Gasteiger partial charge in [0.1, 0.15) is 5.82 Å². The van der Waals surface area contributed by atoms with E-state index in [2.05, 4.69) is 23.8 Å². The number of carbonyl (C=O) groups excluding carboxylic acids is 1. The Labute approximate surface area is 126 Å². The average molecular weight is 285 g/mol. The van der Waals surface area contributed by atoms with Crippen molar-refractivity contribution in [2.75, 3.05) is 0 Å². The van der Waals surface area contributed by atoms with E-state index in [1.807, 2.05) is 11.1 Å². The Hall–Kier alpha value is -1.45. The van der Waals surface area contributed by atoms with Gasteiger partial charge < -0.3 is 4.90 Å². The van der Waals surface area contributed by atoms with Crippen LogP contribution in [-0.2, 0) is 24.3 Å². The van der Waals surface area contributed by atoms with Crippen molar-refractivity contribution in [1.82, 2.24) is 14.9 Å². The molecule has 1 spiro atoms. The van der Waals surface area contributed by atoms with Crippen molar-refractivity contribution < 1.29 is 4.79 Å². The molecule has 1 aromatic rings. The Balaban J connectivity index is 1.45. The van der Waals surface area contributed by atoms with Gasteiger partial charge in [-0.1, -0.05) is 20.3 Å². The van der Waals surface area contributed by atoms with Crippen LogP contribution in [0.25, 0.3) is 0 Å². The van der Waals surface area contributed by atoms with E-state index in [0.29, 0.717) is 36.2 Å². The predicted octanol–water partition coefficient (Wildman–Crippen LogP) is 2.71. The molecule has 4 heteroatoms. The molecule has 0 radical (unpaired) electrons. The van der Waals surface area contributed by atoms with Gasteiger partial charge in [0, 0.05) is 30.6 Å². The summed E-state index contributed by atoms with van der Waals surface area (Å²) in [5.74, 6) is 2.15. The third-order valence-corrected chi connectivity index (χ3v) is 5.45. The second-order valence-electron chi connectivity index (χ2n) is 7.52. The van der Waals surface area contributed by atoms with Crippen molar-refractivity contribution in [3.05, 3.63) is 23.3 Å². The lowest BCUT2D eigenvalue weighted by molar-refractivity contribution is -0.134. The van der Waals surface area contributed by atoms with Gasteiger partial charge in [0.2, 0.25) is 5.91 Å². The van der Waals surface area contributed by atoms with E-state index >= 15 is 0 Å². The normalized spacial score (nSPS) is 25.1. The molecule has 2 heterocycles. The molecule has 0 aromatic carbocycles. The van der Waals surface area contributed by atoms with Crippen LogP contribution in [0.15, 0.2) is 6.20 Å². The summed E-state index contributed by atoms with van der Waals surface area (Å²) in [6, 6.07) is 0. The molecule has 2 aliphatic carbocycles. The van der Waals surface area contributed by atoms with E-state index in [1.54, 1.807) is 0 Å². The van der Waals surface area contributed by atoms with Crippen LogP contribution in [0.5, 0.6) is 0 Å². The second kappa shape index (κ2) is 4.52. The molecule has 0 bridgehead atoms. The van der Waals surface area contributed by atoms with Crippen molar-refractivity contribution in [3.8, 4) is 0 Å². The van der Waals surface area contributed by atoms with E-state index in [-0.39, 0.29) is 0 Å². The summed E-state index contributed by atoms with van der Waals surface area (Å²) in [6.07, 6.45) is 7.81. The highest BCUT2D eigenvalue weighted by molar-refractivity contribution is 5.83. The molecule has 2 fully saturated rings. The molecule has 1 atom stereocenters. The van der Waals surface area contributed by atoms with E-state index in [0.717, 1.165) is 29.9 Å². The van der Waals surface area contributed by atoms with Gasteiger partial charge in [0.05, 0.1) is 12.2 Å². The maximum Gasteiger partial charge on any atom is 0.226 e. The third kappa shape index (κ3) is 2.16. The van der Waals surface area contributed by atoms with E-state index in [1.165, 1.54) is 19.3 Å². The lowest BCUT2D eigenvalue weighted by Crippen LogP contribution is -2.30. The Kier molecular flexibility index (Phi) is 2.85. The fourth-order valence-electron chi connectivity index (χ4n) is 3.91. The Morgan fingerprint density at radius 3 is 2.86 bits per heavy atom. The molecule has 0 unspecified atom stereocenters. The summed E-state index contributed by atoms with van der Waals surface area (Å²) in [5.41, 5.74) is 2.62. The van der Waals surface area contributed by atoms with Crippen LogP contribution < -0.4 is 0 Å². The van der Waals surface area contributed by atoms with E-state index < -0.39 is 0 Å². The van der Waals surface area contributed by atoms with Gasteiger partial charge in [-0.15, -0.1) is 0 Å². The van der Waals surface area contributed by atoms with Crippen molar-refractivity contribution >= 4 is 5.91 Å². The summed E-state index contributed by atoms with van der Waals surface area (Å²) in [4.78, 5) is 23.7. The number of nitrogens with zero attached hydrogens (tertiary/aromatic N) is 3. The van der Waals surface area contributed by atoms with Gasteiger partial charge in [0.15, 0.2) is 0 Å². The maximum absolute atomic E-state index is 12.6. The van der Waals surface area contributed by atoms with Crippen LogP contribution in [0.1, 0.15) is 56.6 Å². The molecule has 4 rings (SSSR count). The fraction of sp³-hybridized carbons (Fsp3) is 0.706. The summed E-state index contributed by atoms with van der Waals surface area (Å²) >= 11 is 0. The van der Waals surface area contributed by atoms with Crippen molar-refractivity contribution in [2.45, 2.75) is 59.0 Å². The highest BCUT2D eigenvalue weighted by atomic mass is 16.2. The first-order chi connectivity index (χ1) is 10.1. The number of hydrogen-bond donors (Lipinski definition) is 0. The minimum Gasteiger partial charge on any atom is -0.332 e. The zero-order valence-corrected chi connectivity index (χ0v) is 12.9. The standard InChI is InChI=1S/C17H23N3O/c1-11(2)6-15-18-8-12-9-20(10-14(12)19-15)16(21)13-7-17(13)4-3-5-17/h8,11,13H,3-7,9-10H2,1-2H3/t13-/m0/s1. The van der Waals surface area contributed by atoms with Crippen LogP contribution in [0.4, 0.5) is 0 Å². The number of amides is 1. The van der Waals surface area contributed by atoms with Gasteiger partial charge in [0.25, 0.3) is 0 Å².